The number of nitrogens with zero attached hydrogens (tertiary/aromatic N) is 1. The van der Waals surface area contributed by atoms with Crippen LogP contribution in [0.4, 0.5) is 5.82 Å². The molecular formula is C15H17N3O2. The molecule has 20 heavy (non-hydrogen) atoms. The van der Waals surface area contributed by atoms with Crippen molar-refractivity contribution in [3.05, 3.63) is 62.8 Å². The van der Waals surface area contributed by atoms with E-state index >= 15 is 0 Å². The number of benzene rings is 1. The average Bonchev–Trinajstić information content (AvgIpc) is 3.15. The molecule has 1 heterocycles. The Morgan fingerprint density at radius 3 is 2.55 bits per heavy atom. The zero-order chi connectivity index (χ0) is 14.2. The number of aromatic nitrogens is 2. The molecule has 1 aromatic heterocycles. The van der Waals surface area contributed by atoms with Gasteiger partial charge in [0, 0.05) is 12.6 Å². The van der Waals surface area contributed by atoms with Gasteiger partial charge in [0.2, 0.25) is 0 Å². The van der Waals surface area contributed by atoms with Crippen LogP contribution < -0.4 is 16.6 Å². The number of rotatable bonds is 4. The first kappa shape index (κ1) is 12.7. The monoisotopic (exact) mass is 271 g/mol. The highest BCUT2D eigenvalue weighted by atomic mass is 16.2. The second-order valence-electron chi connectivity index (χ2n) is 5.50. The first-order valence-corrected chi connectivity index (χ1v) is 6.73. The smallest absolute Gasteiger partial charge is 0.330 e. The molecule has 1 aliphatic rings. The maximum absolute atomic E-state index is 12.1. The largest absolute Gasteiger partial charge is 0.367 e. The number of nitrogens with one attached hydrogen (secondary N) is 2. The average molecular weight is 271 g/mol. The summed E-state index contributed by atoms with van der Waals surface area (Å²) in [5.74, 6) is 0.462. The molecule has 0 unspecified atom stereocenters. The van der Waals surface area contributed by atoms with E-state index in [-0.39, 0.29) is 16.8 Å². The van der Waals surface area contributed by atoms with Crippen LogP contribution in [0.5, 0.6) is 0 Å². The molecule has 5 nitrogen and oxygen atoms in total. The van der Waals surface area contributed by atoms with Crippen molar-refractivity contribution < 1.29 is 0 Å². The highest BCUT2D eigenvalue weighted by molar-refractivity contribution is 5.34. The van der Waals surface area contributed by atoms with Gasteiger partial charge in [-0.3, -0.25) is 14.3 Å². The van der Waals surface area contributed by atoms with Gasteiger partial charge in [-0.05, 0) is 25.3 Å². The van der Waals surface area contributed by atoms with Crippen molar-refractivity contribution in [1.82, 2.24) is 9.55 Å². The molecule has 2 N–H and O–H groups in total. The summed E-state index contributed by atoms with van der Waals surface area (Å²) in [4.78, 5) is 26.8. The lowest BCUT2D eigenvalue weighted by Crippen LogP contribution is -2.40. The Bertz CT molecular complexity index is 696. The molecule has 0 radical (unpaired) electrons. The molecule has 104 valence electrons. The van der Waals surface area contributed by atoms with Crippen LogP contribution in [0.2, 0.25) is 0 Å². The van der Waals surface area contributed by atoms with E-state index in [1.807, 2.05) is 37.3 Å². The summed E-state index contributed by atoms with van der Waals surface area (Å²) in [5, 5.41) is 3.07. The first-order valence-electron chi connectivity index (χ1n) is 6.73. The Labute approximate surface area is 116 Å². The molecule has 1 aromatic carbocycles. The lowest BCUT2D eigenvalue weighted by molar-refractivity contribution is 0.486. The number of hydrogen-bond acceptors (Lipinski definition) is 3. The number of hydrogen-bond donors (Lipinski definition) is 2. The normalized spacial score (nSPS) is 15.8. The molecule has 0 aliphatic heterocycles. The van der Waals surface area contributed by atoms with E-state index in [0.29, 0.717) is 12.4 Å². The van der Waals surface area contributed by atoms with Crippen LogP contribution in [0.1, 0.15) is 25.3 Å². The quantitative estimate of drug-likeness (QED) is 0.888. The van der Waals surface area contributed by atoms with Crippen LogP contribution in [0.15, 0.2) is 46.0 Å². The van der Waals surface area contributed by atoms with Crippen molar-refractivity contribution in [2.45, 2.75) is 31.8 Å². The fourth-order valence-electron chi connectivity index (χ4n) is 2.30. The molecular weight excluding hydrogens is 254 g/mol. The third kappa shape index (κ3) is 2.39. The minimum Gasteiger partial charge on any atom is -0.367 e. The minimum absolute atomic E-state index is 0.246. The van der Waals surface area contributed by atoms with Gasteiger partial charge in [-0.1, -0.05) is 30.3 Å². The predicted octanol–water partition coefficient (Wildman–Crippen LogP) is 1.66. The summed E-state index contributed by atoms with van der Waals surface area (Å²) in [5.41, 5.74) is 0.215. The fraction of sp³-hybridized carbons (Fsp3) is 0.333. The standard InChI is InChI=1S/C15H17N3O2/c1-15(7-8-15)18-13(19)9-12(17-14(18)20)16-10-11-5-3-2-4-6-11/h2-6,9,16H,7-8,10H2,1H3,(H,17,20). The number of H-pyrrole nitrogens is 1. The van der Waals surface area contributed by atoms with Crippen molar-refractivity contribution in [2.24, 2.45) is 0 Å². The van der Waals surface area contributed by atoms with E-state index in [1.165, 1.54) is 10.6 Å². The Morgan fingerprint density at radius 2 is 1.95 bits per heavy atom. The number of anilines is 1. The van der Waals surface area contributed by atoms with Crippen molar-refractivity contribution in [3.63, 3.8) is 0 Å². The van der Waals surface area contributed by atoms with Crippen LogP contribution in [0.3, 0.4) is 0 Å². The molecule has 0 spiro atoms. The third-order valence-corrected chi connectivity index (χ3v) is 3.77. The fourth-order valence-corrected chi connectivity index (χ4v) is 2.30. The molecule has 1 aliphatic carbocycles. The van der Waals surface area contributed by atoms with Crippen molar-refractivity contribution >= 4 is 5.82 Å². The first-order chi connectivity index (χ1) is 9.58. The van der Waals surface area contributed by atoms with Gasteiger partial charge in [0.25, 0.3) is 5.56 Å². The molecule has 0 atom stereocenters. The van der Waals surface area contributed by atoms with E-state index < -0.39 is 0 Å². The van der Waals surface area contributed by atoms with Crippen molar-refractivity contribution in [1.29, 1.82) is 0 Å². The zero-order valence-electron chi connectivity index (χ0n) is 11.3. The van der Waals surface area contributed by atoms with E-state index in [2.05, 4.69) is 10.3 Å². The maximum Gasteiger partial charge on any atom is 0.330 e. The van der Waals surface area contributed by atoms with Gasteiger partial charge < -0.3 is 5.32 Å². The SMILES string of the molecule is CC1(n2c(=O)cc(NCc3ccccc3)[nH]c2=O)CC1. The van der Waals surface area contributed by atoms with Gasteiger partial charge in [0.05, 0.1) is 5.54 Å². The van der Waals surface area contributed by atoms with Crippen molar-refractivity contribution in [2.75, 3.05) is 5.32 Å². The van der Waals surface area contributed by atoms with Crippen molar-refractivity contribution in [3.8, 4) is 0 Å². The molecule has 1 saturated carbocycles. The topological polar surface area (TPSA) is 66.9 Å². The van der Waals surface area contributed by atoms with Gasteiger partial charge in [-0.25, -0.2) is 4.79 Å². The summed E-state index contributed by atoms with van der Waals surface area (Å²) in [6.07, 6.45) is 1.76. The highest BCUT2D eigenvalue weighted by Gasteiger charge is 2.41. The molecule has 0 amide bonds. The van der Waals surface area contributed by atoms with Gasteiger partial charge in [0.1, 0.15) is 5.82 Å². The molecule has 5 heteroatoms. The lowest BCUT2D eigenvalue weighted by Gasteiger charge is -2.13. The van der Waals surface area contributed by atoms with Crippen LogP contribution in [-0.2, 0) is 12.1 Å². The second-order valence-corrected chi connectivity index (χ2v) is 5.50. The summed E-state index contributed by atoms with van der Waals surface area (Å²) < 4.78 is 1.32. The summed E-state index contributed by atoms with van der Waals surface area (Å²) >= 11 is 0. The Balaban J connectivity index is 1.82. The maximum atomic E-state index is 12.1. The van der Waals surface area contributed by atoms with Crippen LogP contribution in [0, 0.1) is 0 Å². The minimum atomic E-state index is -0.340. The van der Waals surface area contributed by atoms with Crippen LogP contribution in [0.25, 0.3) is 0 Å². The lowest BCUT2D eigenvalue weighted by atomic mass is 10.2. The second kappa shape index (κ2) is 4.67. The van der Waals surface area contributed by atoms with Gasteiger partial charge in [-0.15, -0.1) is 0 Å². The summed E-state index contributed by atoms with van der Waals surface area (Å²) in [6, 6.07) is 11.3. The molecule has 1 fully saturated rings. The van der Waals surface area contributed by atoms with E-state index in [4.69, 9.17) is 0 Å². The van der Waals surface area contributed by atoms with E-state index in [1.54, 1.807) is 0 Å². The van der Waals surface area contributed by atoms with Gasteiger partial charge in [-0.2, -0.15) is 0 Å². The number of aromatic amines is 1. The third-order valence-electron chi connectivity index (χ3n) is 3.77. The van der Waals surface area contributed by atoms with Crippen LogP contribution in [-0.4, -0.2) is 9.55 Å². The van der Waals surface area contributed by atoms with Crippen LogP contribution >= 0.6 is 0 Å². The molecule has 0 bridgehead atoms. The van der Waals surface area contributed by atoms with E-state index in [0.717, 1.165) is 18.4 Å². The predicted molar refractivity (Wildman–Crippen MR) is 78.0 cm³/mol. The van der Waals surface area contributed by atoms with Gasteiger partial charge in [0.15, 0.2) is 0 Å². The Hall–Kier alpha value is -2.30. The van der Waals surface area contributed by atoms with E-state index in [9.17, 15) is 9.59 Å². The Morgan fingerprint density at radius 1 is 1.25 bits per heavy atom. The summed E-state index contributed by atoms with van der Waals surface area (Å²) in [6.45, 7) is 2.50. The highest BCUT2D eigenvalue weighted by Crippen LogP contribution is 2.40. The molecule has 3 rings (SSSR count). The Kier molecular flexibility index (Phi) is 2.97. The molecule has 2 aromatic rings. The van der Waals surface area contributed by atoms with Gasteiger partial charge >= 0.3 is 5.69 Å². The summed E-state index contributed by atoms with van der Waals surface area (Å²) in [7, 11) is 0. The zero-order valence-corrected chi connectivity index (χ0v) is 11.3. The molecule has 0 saturated heterocycles.